The molecule has 1 saturated heterocycles. The zero-order valence-electron chi connectivity index (χ0n) is 12.2. The molecule has 0 aromatic carbocycles. The van der Waals surface area contributed by atoms with E-state index >= 15 is 0 Å². The van der Waals surface area contributed by atoms with Gasteiger partial charge in [-0.25, -0.2) is 0 Å². The molecule has 1 aromatic rings. The van der Waals surface area contributed by atoms with Crippen molar-refractivity contribution in [2.24, 2.45) is 5.73 Å². The van der Waals surface area contributed by atoms with Gasteiger partial charge in [0.15, 0.2) is 0 Å². The maximum Gasteiger partial charge on any atom is 0.0678 e. The molecule has 5 heteroatoms. The van der Waals surface area contributed by atoms with Crippen LogP contribution in [-0.4, -0.2) is 46.5 Å². The van der Waals surface area contributed by atoms with Crippen molar-refractivity contribution < 1.29 is 4.74 Å². The van der Waals surface area contributed by atoms with Crippen molar-refractivity contribution in [3.8, 4) is 0 Å². The normalized spacial score (nSPS) is 26.5. The minimum Gasteiger partial charge on any atom is -0.373 e. The summed E-state index contributed by atoms with van der Waals surface area (Å²) in [7, 11) is 0. The Morgan fingerprint density at radius 1 is 1.42 bits per heavy atom. The molecule has 0 amide bonds. The topological polar surface area (TPSA) is 56.3 Å². The molecule has 1 aliphatic heterocycles. The molecular formula is C14H26N4O. The summed E-state index contributed by atoms with van der Waals surface area (Å²) >= 11 is 0. The third-order valence-corrected chi connectivity index (χ3v) is 3.60. The SMILES string of the molecule is CCCn1cc(C(CN)N2CC(C)OC(C)C2)cn1. The first-order valence-electron chi connectivity index (χ1n) is 7.26. The summed E-state index contributed by atoms with van der Waals surface area (Å²) in [5.41, 5.74) is 7.21. The van der Waals surface area contributed by atoms with Gasteiger partial charge in [0.1, 0.15) is 0 Å². The average molecular weight is 266 g/mol. The molecule has 0 aliphatic carbocycles. The van der Waals surface area contributed by atoms with Gasteiger partial charge in [0.2, 0.25) is 0 Å². The molecule has 1 aromatic heterocycles. The summed E-state index contributed by atoms with van der Waals surface area (Å²) in [6.07, 6.45) is 5.72. The van der Waals surface area contributed by atoms with Gasteiger partial charge in [0.25, 0.3) is 0 Å². The Bertz CT molecular complexity index is 383. The Labute approximate surface area is 115 Å². The number of ether oxygens (including phenoxy) is 1. The summed E-state index contributed by atoms with van der Waals surface area (Å²) in [5.74, 6) is 0. The van der Waals surface area contributed by atoms with Crippen molar-refractivity contribution >= 4 is 0 Å². The summed E-state index contributed by atoms with van der Waals surface area (Å²) in [6.45, 7) is 9.86. The number of nitrogens with two attached hydrogens (primary N) is 1. The van der Waals surface area contributed by atoms with Crippen molar-refractivity contribution in [3.05, 3.63) is 18.0 Å². The second-order valence-corrected chi connectivity index (χ2v) is 5.50. The number of rotatable bonds is 5. The summed E-state index contributed by atoms with van der Waals surface area (Å²) in [6, 6.07) is 0.249. The van der Waals surface area contributed by atoms with E-state index in [4.69, 9.17) is 10.5 Å². The van der Waals surface area contributed by atoms with E-state index in [9.17, 15) is 0 Å². The van der Waals surface area contributed by atoms with Crippen LogP contribution in [-0.2, 0) is 11.3 Å². The van der Waals surface area contributed by atoms with E-state index in [-0.39, 0.29) is 18.2 Å². The number of aromatic nitrogens is 2. The molecule has 0 saturated carbocycles. The minimum atomic E-state index is 0.249. The Kier molecular flexibility index (Phi) is 4.96. The second-order valence-electron chi connectivity index (χ2n) is 5.50. The molecule has 5 nitrogen and oxygen atoms in total. The third kappa shape index (κ3) is 3.55. The molecule has 0 bridgehead atoms. The molecule has 2 heterocycles. The van der Waals surface area contributed by atoms with E-state index in [1.54, 1.807) is 0 Å². The molecule has 1 fully saturated rings. The zero-order valence-corrected chi connectivity index (χ0v) is 12.2. The first-order valence-corrected chi connectivity index (χ1v) is 7.26. The average Bonchev–Trinajstić information content (AvgIpc) is 2.78. The number of hydrogen-bond acceptors (Lipinski definition) is 4. The molecule has 2 rings (SSSR count). The fraction of sp³-hybridized carbons (Fsp3) is 0.786. The van der Waals surface area contributed by atoms with Crippen LogP contribution in [0.2, 0.25) is 0 Å². The van der Waals surface area contributed by atoms with Crippen LogP contribution in [0, 0.1) is 0 Å². The highest BCUT2D eigenvalue weighted by Crippen LogP contribution is 2.23. The van der Waals surface area contributed by atoms with E-state index < -0.39 is 0 Å². The monoisotopic (exact) mass is 266 g/mol. The second kappa shape index (κ2) is 6.50. The van der Waals surface area contributed by atoms with Gasteiger partial charge in [-0.05, 0) is 20.3 Å². The highest BCUT2D eigenvalue weighted by atomic mass is 16.5. The summed E-state index contributed by atoms with van der Waals surface area (Å²) in [5, 5.41) is 4.41. The van der Waals surface area contributed by atoms with Crippen LogP contribution in [0.1, 0.15) is 38.8 Å². The highest BCUT2D eigenvalue weighted by Gasteiger charge is 2.28. The van der Waals surface area contributed by atoms with E-state index in [1.165, 1.54) is 5.56 Å². The predicted octanol–water partition coefficient (Wildman–Crippen LogP) is 1.40. The Hall–Kier alpha value is -0.910. The maximum atomic E-state index is 5.99. The van der Waals surface area contributed by atoms with Crippen molar-refractivity contribution in [2.45, 2.75) is 52.0 Å². The molecule has 3 atom stereocenters. The van der Waals surface area contributed by atoms with Gasteiger partial charge < -0.3 is 10.5 Å². The number of hydrogen-bond donors (Lipinski definition) is 1. The molecule has 19 heavy (non-hydrogen) atoms. The van der Waals surface area contributed by atoms with Crippen molar-refractivity contribution in [1.82, 2.24) is 14.7 Å². The van der Waals surface area contributed by atoms with E-state index in [1.807, 2.05) is 10.9 Å². The zero-order chi connectivity index (χ0) is 13.8. The molecule has 0 spiro atoms. The highest BCUT2D eigenvalue weighted by molar-refractivity contribution is 5.12. The molecule has 108 valence electrons. The quantitative estimate of drug-likeness (QED) is 0.875. The Morgan fingerprint density at radius 2 is 2.11 bits per heavy atom. The van der Waals surface area contributed by atoms with Crippen LogP contribution in [0.4, 0.5) is 0 Å². The lowest BCUT2D eigenvalue weighted by molar-refractivity contribution is -0.0799. The lowest BCUT2D eigenvalue weighted by atomic mass is 10.1. The molecular weight excluding hydrogens is 240 g/mol. The van der Waals surface area contributed by atoms with Crippen LogP contribution in [0.15, 0.2) is 12.4 Å². The molecule has 0 radical (unpaired) electrons. The molecule has 3 unspecified atom stereocenters. The largest absolute Gasteiger partial charge is 0.373 e. The summed E-state index contributed by atoms with van der Waals surface area (Å²) < 4.78 is 7.79. The van der Waals surface area contributed by atoms with Gasteiger partial charge in [0.05, 0.1) is 24.4 Å². The van der Waals surface area contributed by atoms with Crippen LogP contribution in [0.25, 0.3) is 0 Å². The maximum absolute atomic E-state index is 5.99. The standard InChI is InChI=1S/C14H26N4O/c1-4-5-18-10-13(7-16-18)14(6-15)17-8-11(2)19-12(3)9-17/h7,10-12,14H,4-6,8-9,15H2,1-3H3. The first-order chi connectivity index (χ1) is 9.13. The van der Waals surface area contributed by atoms with Gasteiger partial charge in [-0.1, -0.05) is 6.92 Å². The van der Waals surface area contributed by atoms with Crippen LogP contribution in [0.3, 0.4) is 0 Å². The van der Waals surface area contributed by atoms with Gasteiger partial charge >= 0.3 is 0 Å². The van der Waals surface area contributed by atoms with Crippen LogP contribution >= 0.6 is 0 Å². The first kappa shape index (κ1) is 14.5. The van der Waals surface area contributed by atoms with Gasteiger partial charge in [-0.3, -0.25) is 9.58 Å². The Morgan fingerprint density at radius 3 is 2.68 bits per heavy atom. The molecule has 2 N–H and O–H groups in total. The number of nitrogens with zero attached hydrogens (tertiary/aromatic N) is 3. The fourth-order valence-electron chi connectivity index (χ4n) is 2.87. The minimum absolute atomic E-state index is 0.249. The van der Waals surface area contributed by atoms with Crippen LogP contribution in [0.5, 0.6) is 0 Å². The van der Waals surface area contributed by atoms with Gasteiger partial charge in [0, 0.05) is 37.9 Å². The summed E-state index contributed by atoms with van der Waals surface area (Å²) in [4.78, 5) is 2.42. The molecule has 1 aliphatic rings. The predicted molar refractivity (Wildman–Crippen MR) is 75.9 cm³/mol. The van der Waals surface area contributed by atoms with E-state index in [2.05, 4.69) is 37.0 Å². The van der Waals surface area contributed by atoms with Gasteiger partial charge in [-0.2, -0.15) is 5.10 Å². The lowest BCUT2D eigenvalue weighted by Crippen LogP contribution is -2.48. The van der Waals surface area contributed by atoms with Crippen molar-refractivity contribution in [3.63, 3.8) is 0 Å². The number of aryl methyl sites for hydroxylation is 1. The lowest BCUT2D eigenvalue weighted by Gasteiger charge is -2.39. The van der Waals surface area contributed by atoms with Crippen LogP contribution < -0.4 is 5.73 Å². The van der Waals surface area contributed by atoms with E-state index in [0.717, 1.165) is 26.1 Å². The van der Waals surface area contributed by atoms with Gasteiger partial charge in [-0.15, -0.1) is 0 Å². The smallest absolute Gasteiger partial charge is 0.0678 e. The van der Waals surface area contributed by atoms with Crippen molar-refractivity contribution in [2.75, 3.05) is 19.6 Å². The fourth-order valence-corrected chi connectivity index (χ4v) is 2.87. The Balaban J connectivity index is 2.09. The van der Waals surface area contributed by atoms with E-state index in [0.29, 0.717) is 6.54 Å². The van der Waals surface area contributed by atoms with Crippen molar-refractivity contribution in [1.29, 1.82) is 0 Å². The third-order valence-electron chi connectivity index (χ3n) is 3.60. The number of morpholine rings is 1.